The van der Waals surface area contributed by atoms with Crippen LogP contribution >= 0.6 is 11.6 Å². The Morgan fingerprint density at radius 1 is 1.23 bits per heavy atom. The lowest BCUT2D eigenvalue weighted by molar-refractivity contribution is -0.137. The average Bonchev–Trinajstić information content (AvgIpc) is 2.77. The predicted octanol–water partition coefficient (Wildman–Crippen LogP) is 5.07. The second kappa shape index (κ2) is 11.5. The first kappa shape index (κ1) is 23.5. The molecule has 2 N–H and O–H groups in total. The molecule has 3 rings (SSSR count). The number of hydrogen-bond acceptors (Lipinski definition) is 5. The maximum absolute atomic E-state index is 11.4. The normalized spacial score (nSPS) is 16.6. The van der Waals surface area contributed by atoms with Gasteiger partial charge in [0, 0.05) is 48.6 Å². The first-order valence-corrected chi connectivity index (χ1v) is 11.1. The molecule has 0 unspecified atom stereocenters. The molecule has 2 atom stereocenters. The van der Waals surface area contributed by atoms with Gasteiger partial charge in [-0.15, -0.1) is 0 Å². The number of methoxy groups -OCH3 is 1. The van der Waals surface area contributed by atoms with Gasteiger partial charge in [-0.1, -0.05) is 30.7 Å². The number of rotatable bonds is 10. The molecule has 1 heterocycles. The summed E-state index contributed by atoms with van der Waals surface area (Å²) in [6.45, 7) is 5.81. The molecule has 168 valence electrons. The van der Waals surface area contributed by atoms with Crippen LogP contribution < -0.4 is 5.32 Å². The van der Waals surface area contributed by atoms with Gasteiger partial charge in [0.15, 0.2) is 0 Å². The lowest BCUT2D eigenvalue weighted by Crippen LogP contribution is -2.39. The van der Waals surface area contributed by atoms with E-state index in [2.05, 4.69) is 29.3 Å². The molecular formula is C24H31ClN2O4. The fourth-order valence-electron chi connectivity index (χ4n) is 4.16. The fraction of sp³-hybridized carbons (Fsp3) is 0.458. The first-order chi connectivity index (χ1) is 15.0. The summed E-state index contributed by atoms with van der Waals surface area (Å²) in [6.07, 6.45) is 0.986. The minimum Gasteiger partial charge on any atom is -0.481 e. The first-order valence-electron chi connectivity index (χ1n) is 10.7. The van der Waals surface area contributed by atoms with Crippen molar-refractivity contribution in [2.45, 2.75) is 31.7 Å². The van der Waals surface area contributed by atoms with Crippen molar-refractivity contribution in [1.29, 1.82) is 0 Å². The second-order valence-electron chi connectivity index (χ2n) is 7.80. The highest BCUT2D eigenvalue weighted by Gasteiger charge is 2.25. The molecule has 31 heavy (non-hydrogen) atoms. The fourth-order valence-corrected chi connectivity index (χ4v) is 4.29. The molecule has 2 aromatic rings. The number of ether oxygens (including phenoxy) is 2. The van der Waals surface area contributed by atoms with Gasteiger partial charge < -0.3 is 19.9 Å². The topological polar surface area (TPSA) is 71.0 Å². The molecule has 1 aliphatic heterocycles. The highest BCUT2D eigenvalue weighted by atomic mass is 35.5. The number of nitrogens with one attached hydrogen (secondary N) is 1. The zero-order valence-corrected chi connectivity index (χ0v) is 18.9. The van der Waals surface area contributed by atoms with E-state index in [4.69, 9.17) is 21.1 Å². The summed E-state index contributed by atoms with van der Waals surface area (Å²) in [5, 5.41) is 13.6. The highest BCUT2D eigenvalue weighted by molar-refractivity contribution is 6.30. The van der Waals surface area contributed by atoms with Crippen LogP contribution in [0.15, 0.2) is 42.5 Å². The molecule has 1 saturated heterocycles. The van der Waals surface area contributed by atoms with Crippen molar-refractivity contribution in [3.8, 4) is 0 Å². The third kappa shape index (κ3) is 6.43. The van der Waals surface area contributed by atoms with Crippen LogP contribution in [0.3, 0.4) is 0 Å². The summed E-state index contributed by atoms with van der Waals surface area (Å²) in [7, 11) is 1.60. The van der Waals surface area contributed by atoms with E-state index in [0.717, 1.165) is 49.7 Å². The third-order valence-corrected chi connectivity index (χ3v) is 5.94. The Labute approximate surface area is 189 Å². The number of nitrogens with zero attached hydrogens (tertiary/aromatic N) is 1. The number of carboxylic acid groups (broad SMARTS) is 1. The highest BCUT2D eigenvalue weighted by Crippen LogP contribution is 2.35. The monoisotopic (exact) mass is 446 g/mol. The zero-order valence-electron chi connectivity index (χ0n) is 18.1. The van der Waals surface area contributed by atoms with Crippen LogP contribution in [0, 0.1) is 0 Å². The Hall–Kier alpha value is -2.12. The summed E-state index contributed by atoms with van der Waals surface area (Å²) >= 11 is 6.05. The van der Waals surface area contributed by atoms with Gasteiger partial charge >= 0.3 is 5.97 Å². The van der Waals surface area contributed by atoms with E-state index in [1.54, 1.807) is 7.11 Å². The number of carboxylic acids is 1. The van der Waals surface area contributed by atoms with E-state index < -0.39 is 5.97 Å². The molecule has 0 spiro atoms. The van der Waals surface area contributed by atoms with E-state index in [-0.39, 0.29) is 18.4 Å². The van der Waals surface area contributed by atoms with E-state index in [0.29, 0.717) is 11.6 Å². The number of carbonyl (C=O) groups is 1. The lowest BCUT2D eigenvalue weighted by atomic mass is 9.91. The Kier molecular flexibility index (Phi) is 8.72. The lowest BCUT2D eigenvalue weighted by Gasteiger charge is -2.35. The van der Waals surface area contributed by atoms with Crippen LogP contribution in [0.1, 0.15) is 42.9 Å². The van der Waals surface area contributed by atoms with E-state index in [1.165, 1.54) is 5.56 Å². The van der Waals surface area contributed by atoms with Crippen molar-refractivity contribution >= 4 is 28.9 Å². The van der Waals surface area contributed by atoms with Crippen molar-refractivity contribution in [2.24, 2.45) is 0 Å². The summed E-state index contributed by atoms with van der Waals surface area (Å²) in [4.78, 5) is 13.8. The number of hydrogen-bond donors (Lipinski definition) is 2. The van der Waals surface area contributed by atoms with Gasteiger partial charge in [-0.05, 0) is 47.9 Å². The van der Waals surface area contributed by atoms with Gasteiger partial charge in [0.05, 0.1) is 26.2 Å². The maximum Gasteiger partial charge on any atom is 0.304 e. The van der Waals surface area contributed by atoms with E-state index in [9.17, 15) is 9.90 Å². The molecule has 2 aromatic carbocycles. The number of morpholine rings is 1. The predicted molar refractivity (Wildman–Crippen MR) is 123 cm³/mol. The van der Waals surface area contributed by atoms with Crippen LogP contribution in [0.5, 0.6) is 0 Å². The summed E-state index contributed by atoms with van der Waals surface area (Å²) in [5.41, 5.74) is 4.04. The summed E-state index contributed by atoms with van der Waals surface area (Å²) in [5.74, 6) is -1.05. The Morgan fingerprint density at radius 2 is 1.94 bits per heavy atom. The Balaban J connectivity index is 1.99. The number of benzene rings is 2. The maximum atomic E-state index is 11.4. The number of anilines is 2. The molecule has 6 nitrogen and oxygen atoms in total. The van der Waals surface area contributed by atoms with Crippen LogP contribution in [0.25, 0.3) is 0 Å². The molecule has 1 fully saturated rings. The minimum atomic E-state index is -0.835. The molecule has 0 amide bonds. The summed E-state index contributed by atoms with van der Waals surface area (Å²) in [6, 6.07) is 14.1. The SMILES string of the molecule is CC[C@H](c1ccc([C@@H](COC)CC(=O)O)cc1Nc1ccc(Cl)cc1)N1CCOCC1. The van der Waals surface area contributed by atoms with Crippen LogP contribution in [-0.4, -0.2) is 56.0 Å². The smallest absolute Gasteiger partial charge is 0.304 e. The standard InChI is InChI=1S/C24H31ClN2O4/c1-3-23(27-10-12-31-13-11-27)21-9-4-17(18(16-30-2)15-24(28)29)14-22(21)26-20-7-5-19(25)6-8-20/h4-9,14,18,23,26H,3,10-13,15-16H2,1-2H3,(H,28,29)/t18-,23-/m1/s1. The minimum absolute atomic E-state index is 0.0221. The molecule has 0 bridgehead atoms. The number of halogens is 1. The quantitative estimate of drug-likeness (QED) is 0.530. The van der Waals surface area contributed by atoms with Crippen LogP contribution in [0.2, 0.25) is 5.02 Å². The van der Waals surface area contributed by atoms with Crippen molar-refractivity contribution in [3.05, 3.63) is 58.6 Å². The van der Waals surface area contributed by atoms with Crippen LogP contribution in [0.4, 0.5) is 11.4 Å². The van der Waals surface area contributed by atoms with Crippen LogP contribution in [-0.2, 0) is 14.3 Å². The molecule has 0 aromatic heterocycles. The molecule has 7 heteroatoms. The molecule has 0 saturated carbocycles. The third-order valence-electron chi connectivity index (χ3n) is 5.69. The van der Waals surface area contributed by atoms with Gasteiger partial charge in [-0.3, -0.25) is 9.69 Å². The Morgan fingerprint density at radius 3 is 2.55 bits per heavy atom. The van der Waals surface area contributed by atoms with Crippen molar-refractivity contribution in [2.75, 3.05) is 45.3 Å². The zero-order chi connectivity index (χ0) is 22.2. The summed E-state index contributed by atoms with van der Waals surface area (Å²) < 4.78 is 10.8. The second-order valence-corrected chi connectivity index (χ2v) is 8.24. The van der Waals surface area contributed by atoms with Gasteiger partial charge in [-0.25, -0.2) is 0 Å². The van der Waals surface area contributed by atoms with Gasteiger partial charge in [0.1, 0.15) is 0 Å². The number of aliphatic carboxylic acids is 1. The van der Waals surface area contributed by atoms with E-state index in [1.807, 2.05) is 30.3 Å². The van der Waals surface area contributed by atoms with Crippen molar-refractivity contribution < 1.29 is 19.4 Å². The van der Waals surface area contributed by atoms with Gasteiger partial charge in [0.25, 0.3) is 0 Å². The van der Waals surface area contributed by atoms with Gasteiger partial charge in [0.2, 0.25) is 0 Å². The molecule has 0 radical (unpaired) electrons. The van der Waals surface area contributed by atoms with Crippen molar-refractivity contribution in [1.82, 2.24) is 4.90 Å². The Bertz CT molecular complexity index is 853. The van der Waals surface area contributed by atoms with Gasteiger partial charge in [-0.2, -0.15) is 0 Å². The largest absolute Gasteiger partial charge is 0.481 e. The van der Waals surface area contributed by atoms with E-state index >= 15 is 0 Å². The molecular weight excluding hydrogens is 416 g/mol. The average molecular weight is 447 g/mol. The molecule has 1 aliphatic rings. The van der Waals surface area contributed by atoms with Crippen molar-refractivity contribution in [3.63, 3.8) is 0 Å². The molecule has 0 aliphatic carbocycles.